The minimum Gasteiger partial charge on any atom is -0.207 e. The standard InChI is InChI=1S/C15H13BrF3NO2S/c1-20(23(21,22)14-5-3-2-4-13(14)16)10-11-6-8-12(9-7-11)15(17,18)19/h2-9H,10H2,1H3. The molecule has 0 aromatic heterocycles. The van der Waals surface area contributed by atoms with Gasteiger partial charge >= 0.3 is 6.18 Å². The molecular formula is C15H13BrF3NO2S. The minimum absolute atomic E-state index is 0.0260. The number of hydrogen-bond donors (Lipinski definition) is 0. The summed E-state index contributed by atoms with van der Waals surface area (Å²) < 4.78 is 64.1. The first-order chi connectivity index (χ1) is 10.6. The Morgan fingerprint density at radius 1 is 1.04 bits per heavy atom. The molecule has 0 spiro atoms. The lowest BCUT2D eigenvalue weighted by molar-refractivity contribution is -0.137. The van der Waals surface area contributed by atoms with Crippen molar-refractivity contribution in [2.24, 2.45) is 0 Å². The molecular weight excluding hydrogens is 395 g/mol. The van der Waals surface area contributed by atoms with E-state index in [1.807, 2.05) is 0 Å². The van der Waals surface area contributed by atoms with Crippen LogP contribution in [-0.2, 0) is 22.7 Å². The molecule has 0 N–H and O–H groups in total. The van der Waals surface area contributed by atoms with Gasteiger partial charge in [-0.1, -0.05) is 24.3 Å². The lowest BCUT2D eigenvalue weighted by Crippen LogP contribution is -2.26. The Morgan fingerprint density at radius 2 is 1.61 bits per heavy atom. The quantitative estimate of drug-likeness (QED) is 0.757. The van der Waals surface area contributed by atoms with Crippen molar-refractivity contribution >= 4 is 26.0 Å². The van der Waals surface area contributed by atoms with Crippen LogP contribution in [0.1, 0.15) is 11.1 Å². The van der Waals surface area contributed by atoms with Crippen LogP contribution in [0, 0.1) is 0 Å². The summed E-state index contributed by atoms with van der Waals surface area (Å²) in [6.45, 7) is -0.0260. The fraction of sp³-hybridized carbons (Fsp3) is 0.200. The predicted molar refractivity (Wildman–Crippen MR) is 84.2 cm³/mol. The van der Waals surface area contributed by atoms with Crippen molar-refractivity contribution in [1.82, 2.24) is 4.31 Å². The second-order valence-electron chi connectivity index (χ2n) is 4.89. The lowest BCUT2D eigenvalue weighted by Gasteiger charge is -2.18. The van der Waals surface area contributed by atoms with Gasteiger partial charge in [0.2, 0.25) is 10.0 Å². The summed E-state index contributed by atoms with van der Waals surface area (Å²) in [4.78, 5) is 0.106. The number of hydrogen-bond acceptors (Lipinski definition) is 2. The van der Waals surface area contributed by atoms with Gasteiger partial charge in [-0.3, -0.25) is 0 Å². The Bertz CT molecular complexity index is 789. The van der Waals surface area contributed by atoms with Crippen LogP contribution in [-0.4, -0.2) is 19.8 Å². The fourth-order valence-corrected chi connectivity index (χ4v) is 4.08. The third-order valence-electron chi connectivity index (χ3n) is 3.21. The molecule has 0 aliphatic heterocycles. The Hall–Kier alpha value is -1.38. The van der Waals surface area contributed by atoms with Crippen molar-refractivity contribution in [3.63, 3.8) is 0 Å². The van der Waals surface area contributed by atoms with E-state index in [1.165, 1.54) is 25.2 Å². The molecule has 0 unspecified atom stereocenters. The van der Waals surface area contributed by atoms with Gasteiger partial charge < -0.3 is 0 Å². The second kappa shape index (κ2) is 6.62. The summed E-state index contributed by atoms with van der Waals surface area (Å²) in [5, 5.41) is 0. The molecule has 0 radical (unpaired) electrons. The predicted octanol–water partition coefficient (Wildman–Crippen LogP) is 4.29. The SMILES string of the molecule is CN(Cc1ccc(C(F)(F)F)cc1)S(=O)(=O)c1ccccc1Br. The van der Waals surface area contributed by atoms with E-state index in [4.69, 9.17) is 0 Å². The van der Waals surface area contributed by atoms with Crippen molar-refractivity contribution in [3.05, 3.63) is 64.1 Å². The van der Waals surface area contributed by atoms with E-state index in [9.17, 15) is 21.6 Å². The third-order valence-corrected chi connectivity index (χ3v) is 6.03. The van der Waals surface area contributed by atoms with E-state index >= 15 is 0 Å². The lowest BCUT2D eigenvalue weighted by atomic mass is 10.1. The number of alkyl halides is 3. The van der Waals surface area contributed by atoms with Gasteiger partial charge in [0.05, 0.1) is 10.5 Å². The molecule has 0 aliphatic carbocycles. The average Bonchev–Trinajstić information content (AvgIpc) is 2.47. The van der Waals surface area contributed by atoms with Gasteiger partial charge in [-0.2, -0.15) is 17.5 Å². The molecule has 2 aromatic carbocycles. The second-order valence-corrected chi connectivity index (χ2v) is 7.75. The van der Waals surface area contributed by atoms with Crippen LogP contribution in [0.15, 0.2) is 57.9 Å². The van der Waals surface area contributed by atoms with Gasteiger partial charge in [-0.05, 0) is 45.8 Å². The highest BCUT2D eigenvalue weighted by Crippen LogP contribution is 2.30. The normalized spacial score (nSPS) is 12.6. The molecule has 0 saturated heterocycles. The number of sulfonamides is 1. The van der Waals surface area contributed by atoms with Crippen LogP contribution in [0.3, 0.4) is 0 Å². The molecule has 0 amide bonds. The first-order valence-electron chi connectivity index (χ1n) is 6.49. The Kier molecular flexibility index (Phi) is 5.17. The van der Waals surface area contributed by atoms with Crippen molar-refractivity contribution in [2.75, 3.05) is 7.05 Å². The smallest absolute Gasteiger partial charge is 0.207 e. The molecule has 0 atom stereocenters. The van der Waals surface area contributed by atoms with E-state index in [-0.39, 0.29) is 11.4 Å². The number of benzene rings is 2. The highest BCUT2D eigenvalue weighted by Gasteiger charge is 2.30. The number of halogens is 4. The largest absolute Gasteiger partial charge is 0.416 e. The van der Waals surface area contributed by atoms with Crippen molar-refractivity contribution < 1.29 is 21.6 Å². The maximum absolute atomic E-state index is 12.5. The highest BCUT2D eigenvalue weighted by molar-refractivity contribution is 9.10. The average molecular weight is 408 g/mol. The summed E-state index contributed by atoms with van der Waals surface area (Å²) in [6.07, 6.45) is -4.41. The molecule has 0 saturated carbocycles. The fourth-order valence-electron chi connectivity index (χ4n) is 1.96. The summed E-state index contributed by atoms with van der Waals surface area (Å²) in [7, 11) is -2.36. The van der Waals surface area contributed by atoms with E-state index in [1.54, 1.807) is 18.2 Å². The van der Waals surface area contributed by atoms with Crippen LogP contribution < -0.4 is 0 Å². The van der Waals surface area contributed by atoms with Gasteiger partial charge in [0, 0.05) is 18.1 Å². The highest BCUT2D eigenvalue weighted by atomic mass is 79.9. The molecule has 3 nitrogen and oxygen atoms in total. The van der Waals surface area contributed by atoms with Gasteiger partial charge in [-0.15, -0.1) is 0 Å². The molecule has 0 aliphatic rings. The zero-order valence-electron chi connectivity index (χ0n) is 12.0. The molecule has 0 heterocycles. The van der Waals surface area contributed by atoms with Gasteiger partial charge in [0.15, 0.2) is 0 Å². The number of rotatable bonds is 4. The molecule has 8 heteroatoms. The maximum Gasteiger partial charge on any atom is 0.416 e. The molecule has 0 fully saturated rings. The zero-order chi connectivity index (χ0) is 17.3. The topological polar surface area (TPSA) is 37.4 Å². The van der Waals surface area contributed by atoms with Crippen LogP contribution in [0.25, 0.3) is 0 Å². The van der Waals surface area contributed by atoms with Gasteiger partial charge in [0.1, 0.15) is 0 Å². The van der Waals surface area contributed by atoms with E-state index < -0.39 is 21.8 Å². The Labute approximate surface area is 140 Å². The molecule has 2 rings (SSSR count). The third kappa shape index (κ3) is 4.13. The first kappa shape index (κ1) is 18.0. The van der Waals surface area contributed by atoms with Crippen molar-refractivity contribution in [2.45, 2.75) is 17.6 Å². The summed E-state index contributed by atoms with van der Waals surface area (Å²) in [5.74, 6) is 0. The molecule has 124 valence electrons. The zero-order valence-corrected chi connectivity index (χ0v) is 14.4. The van der Waals surface area contributed by atoms with Crippen LogP contribution in [0.2, 0.25) is 0 Å². The summed E-state index contributed by atoms with van der Waals surface area (Å²) in [6, 6.07) is 10.8. The minimum atomic E-state index is -4.41. The monoisotopic (exact) mass is 407 g/mol. The number of nitrogens with zero attached hydrogens (tertiary/aromatic N) is 1. The molecule has 2 aromatic rings. The van der Waals surface area contributed by atoms with Crippen molar-refractivity contribution in [1.29, 1.82) is 0 Å². The van der Waals surface area contributed by atoms with E-state index in [0.29, 0.717) is 10.0 Å². The van der Waals surface area contributed by atoms with Crippen LogP contribution >= 0.6 is 15.9 Å². The van der Waals surface area contributed by atoms with Crippen LogP contribution in [0.4, 0.5) is 13.2 Å². The van der Waals surface area contributed by atoms with E-state index in [2.05, 4.69) is 15.9 Å². The molecule has 0 bridgehead atoms. The maximum atomic E-state index is 12.5. The van der Waals surface area contributed by atoms with Crippen molar-refractivity contribution in [3.8, 4) is 0 Å². The van der Waals surface area contributed by atoms with E-state index in [0.717, 1.165) is 16.4 Å². The Balaban J connectivity index is 2.22. The molecule has 23 heavy (non-hydrogen) atoms. The summed E-state index contributed by atoms with van der Waals surface area (Å²) in [5.41, 5.74) is -0.298. The van der Waals surface area contributed by atoms with Gasteiger partial charge in [0.25, 0.3) is 0 Å². The summed E-state index contributed by atoms with van der Waals surface area (Å²) >= 11 is 3.19. The first-order valence-corrected chi connectivity index (χ1v) is 8.72. The van der Waals surface area contributed by atoms with Gasteiger partial charge in [-0.25, -0.2) is 8.42 Å². The van der Waals surface area contributed by atoms with Crippen LogP contribution in [0.5, 0.6) is 0 Å². The Morgan fingerprint density at radius 3 is 2.13 bits per heavy atom.